The molecule has 8 heteroatoms. The second kappa shape index (κ2) is 16.4. The van der Waals surface area contributed by atoms with E-state index in [1.54, 1.807) is 0 Å². The van der Waals surface area contributed by atoms with Crippen LogP contribution < -0.4 is 9.47 Å². The maximum atomic E-state index is 6.16. The van der Waals surface area contributed by atoms with Gasteiger partial charge in [-0.25, -0.2) is 4.98 Å². The molecule has 3 aromatic rings. The molecule has 0 amide bonds. The molecule has 0 spiro atoms. The Hall–Kier alpha value is -2.65. The normalized spacial score (nSPS) is 23.0. The minimum absolute atomic E-state index is 0. The van der Waals surface area contributed by atoms with Crippen LogP contribution in [0.15, 0.2) is 46.9 Å². The lowest BCUT2D eigenvalue weighted by molar-refractivity contribution is 0.178. The van der Waals surface area contributed by atoms with Crippen LogP contribution in [-0.2, 0) is 0 Å². The number of fused-ring (bicyclic) bond motifs is 1. The molecule has 0 saturated carbocycles. The summed E-state index contributed by atoms with van der Waals surface area (Å²) in [6.45, 7) is 13.8. The largest absolute Gasteiger partial charge is 0.494 e. The van der Waals surface area contributed by atoms with Crippen molar-refractivity contribution < 1.29 is 13.9 Å². The summed E-state index contributed by atoms with van der Waals surface area (Å²) in [6.07, 6.45) is 13.0. The van der Waals surface area contributed by atoms with Crippen LogP contribution in [0.4, 0.5) is 0 Å². The minimum Gasteiger partial charge on any atom is -0.494 e. The third-order valence-corrected chi connectivity index (χ3v) is 10.5. The molecular weight excluding hydrogens is 574 g/mol. The molecule has 252 valence electrons. The van der Waals surface area contributed by atoms with E-state index in [1.807, 2.05) is 42.5 Å². The first-order chi connectivity index (χ1) is 22.3. The number of likely N-dealkylation sites (tertiary alicyclic amines) is 4. The summed E-state index contributed by atoms with van der Waals surface area (Å²) >= 11 is 0. The van der Waals surface area contributed by atoms with E-state index >= 15 is 0 Å². The van der Waals surface area contributed by atoms with Crippen molar-refractivity contribution in [1.29, 1.82) is 0 Å². The number of hydrogen-bond donors (Lipinski definition) is 0. The number of ether oxygens (including phenoxy) is 2. The van der Waals surface area contributed by atoms with Gasteiger partial charge in [0.05, 0.1) is 13.2 Å². The molecule has 0 unspecified atom stereocenters. The van der Waals surface area contributed by atoms with Gasteiger partial charge in [-0.2, -0.15) is 0 Å². The van der Waals surface area contributed by atoms with E-state index in [0.29, 0.717) is 5.89 Å². The predicted octanol–water partition coefficient (Wildman–Crippen LogP) is 6.79. The quantitative estimate of drug-likeness (QED) is 0.170. The molecule has 5 heterocycles. The molecule has 4 aliphatic rings. The van der Waals surface area contributed by atoms with Gasteiger partial charge in [0.1, 0.15) is 17.0 Å². The maximum absolute atomic E-state index is 6.16. The zero-order valence-corrected chi connectivity index (χ0v) is 27.2. The molecule has 4 aliphatic heterocycles. The molecule has 0 radical (unpaired) electrons. The van der Waals surface area contributed by atoms with Crippen LogP contribution >= 0.6 is 0 Å². The van der Waals surface area contributed by atoms with E-state index in [2.05, 4.69) is 19.6 Å². The number of aromatic nitrogens is 1. The monoisotopic (exact) mass is 631 g/mol. The Kier molecular flexibility index (Phi) is 11.9. The Morgan fingerprint density at radius 1 is 0.652 bits per heavy atom. The van der Waals surface area contributed by atoms with Crippen molar-refractivity contribution in [2.75, 3.05) is 78.7 Å². The lowest BCUT2D eigenvalue weighted by Gasteiger charge is -2.28. The fourth-order valence-electron chi connectivity index (χ4n) is 8.05. The van der Waals surface area contributed by atoms with Gasteiger partial charge in [0.2, 0.25) is 5.89 Å². The second-order valence-corrected chi connectivity index (χ2v) is 13.8. The zero-order chi connectivity index (χ0) is 30.3. The van der Waals surface area contributed by atoms with Gasteiger partial charge in [0.25, 0.3) is 0 Å². The number of rotatable bonds is 15. The van der Waals surface area contributed by atoms with Crippen molar-refractivity contribution in [3.05, 3.63) is 42.5 Å². The summed E-state index contributed by atoms with van der Waals surface area (Å²) in [5.41, 5.74) is 2.57. The van der Waals surface area contributed by atoms with Gasteiger partial charge in [-0.15, -0.1) is 0 Å². The molecule has 1 aromatic heterocycles. The molecule has 46 heavy (non-hydrogen) atoms. The van der Waals surface area contributed by atoms with Gasteiger partial charge < -0.3 is 23.7 Å². The van der Waals surface area contributed by atoms with Crippen molar-refractivity contribution in [3.63, 3.8) is 0 Å². The zero-order valence-electron chi connectivity index (χ0n) is 27.2. The highest BCUT2D eigenvalue weighted by Gasteiger charge is 2.28. The van der Waals surface area contributed by atoms with Gasteiger partial charge in [-0.05, 0) is 140 Å². The van der Waals surface area contributed by atoms with E-state index < -0.39 is 0 Å². The molecule has 7 rings (SSSR count). The molecular formula is C38H57N5O3. The Morgan fingerprint density at radius 3 is 1.78 bits per heavy atom. The lowest BCUT2D eigenvalue weighted by atomic mass is 10.2. The Bertz CT molecular complexity index is 1330. The van der Waals surface area contributed by atoms with Crippen molar-refractivity contribution in [2.45, 2.75) is 83.7 Å². The van der Waals surface area contributed by atoms with Gasteiger partial charge in [0, 0.05) is 49.9 Å². The van der Waals surface area contributed by atoms with Crippen LogP contribution in [0.2, 0.25) is 0 Å². The molecule has 0 bridgehead atoms. The summed E-state index contributed by atoms with van der Waals surface area (Å²) in [4.78, 5) is 15.4. The average molecular weight is 632 g/mol. The van der Waals surface area contributed by atoms with Crippen molar-refractivity contribution >= 4 is 11.1 Å². The van der Waals surface area contributed by atoms with Crippen molar-refractivity contribution in [1.82, 2.24) is 24.6 Å². The average Bonchev–Trinajstić information content (AvgIpc) is 3.91. The van der Waals surface area contributed by atoms with Crippen LogP contribution in [0, 0.1) is 0 Å². The van der Waals surface area contributed by atoms with Crippen LogP contribution in [0.5, 0.6) is 11.5 Å². The van der Waals surface area contributed by atoms with Gasteiger partial charge >= 0.3 is 0 Å². The number of hydrogen-bond acceptors (Lipinski definition) is 8. The molecule has 4 saturated heterocycles. The molecule has 2 aromatic carbocycles. The fraction of sp³-hybridized carbons (Fsp3) is 0.658. The first kappa shape index (κ1) is 33.3. The van der Waals surface area contributed by atoms with Crippen molar-refractivity contribution in [3.8, 4) is 23.0 Å². The number of oxazole rings is 1. The molecule has 4 fully saturated rings. The minimum atomic E-state index is 0. The molecule has 0 aliphatic carbocycles. The van der Waals surface area contributed by atoms with Crippen molar-refractivity contribution in [2.24, 2.45) is 0 Å². The van der Waals surface area contributed by atoms with Crippen LogP contribution in [0.25, 0.3) is 22.6 Å². The van der Waals surface area contributed by atoms with Gasteiger partial charge in [-0.3, -0.25) is 9.80 Å². The van der Waals surface area contributed by atoms with E-state index in [9.17, 15) is 0 Å². The van der Waals surface area contributed by atoms with Crippen LogP contribution in [-0.4, -0.2) is 115 Å². The summed E-state index contributed by atoms with van der Waals surface area (Å²) in [5, 5.41) is 0. The Morgan fingerprint density at radius 2 is 1.20 bits per heavy atom. The van der Waals surface area contributed by atoms with E-state index in [4.69, 9.17) is 18.9 Å². The highest BCUT2D eigenvalue weighted by atomic mass is 16.5. The first-order valence-electron chi connectivity index (χ1n) is 18.0. The smallest absolute Gasteiger partial charge is 0.227 e. The fourth-order valence-corrected chi connectivity index (χ4v) is 8.05. The molecule has 2 atom stereocenters. The highest BCUT2D eigenvalue weighted by Crippen LogP contribution is 2.29. The lowest BCUT2D eigenvalue weighted by Crippen LogP contribution is -2.40. The van der Waals surface area contributed by atoms with E-state index in [0.717, 1.165) is 79.4 Å². The molecule has 8 nitrogen and oxygen atoms in total. The van der Waals surface area contributed by atoms with E-state index in [-0.39, 0.29) is 7.43 Å². The SMILES string of the molecule is C.c1cc(-c2nc3ccc(OCCCN4CCC[C@H]4CN4CCCC4)cc3o2)ccc1OCCCN1CCC[C@H]1CN1CCCC1. The highest BCUT2D eigenvalue weighted by molar-refractivity contribution is 5.77. The number of benzene rings is 2. The summed E-state index contributed by atoms with van der Waals surface area (Å²) < 4.78 is 18.4. The van der Waals surface area contributed by atoms with Crippen LogP contribution in [0.3, 0.4) is 0 Å². The topological polar surface area (TPSA) is 57.5 Å². The third-order valence-electron chi connectivity index (χ3n) is 10.5. The second-order valence-electron chi connectivity index (χ2n) is 13.8. The first-order valence-corrected chi connectivity index (χ1v) is 18.0. The standard InChI is InChI=1S/C37H53N5O3.CH4/c1-2-18-39(17-1)28-31-9-5-21-41(31)23-7-25-43-33-13-11-30(12-14-33)37-38-35-16-15-34(27-36(35)45-37)44-26-8-24-42-22-6-10-32(42)29-40-19-3-4-20-40;/h11-16,27,31-32H,1-10,17-26,28-29H2;1H4/t31-,32-;/m0./s1. The summed E-state index contributed by atoms with van der Waals surface area (Å²) in [7, 11) is 0. The summed E-state index contributed by atoms with van der Waals surface area (Å²) in [6, 6.07) is 15.6. The third kappa shape index (κ3) is 8.62. The van der Waals surface area contributed by atoms with E-state index in [1.165, 1.54) is 104 Å². The van der Waals surface area contributed by atoms with Gasteiger partial charge in [-0.1, -0.05) is 7.43 Å². The Labute approximate surface area is 277 Å². The predicted molar refractivity (Wildman–Crippen MR) is 187 cm³/mol. The summed E-state index contributed by atoms with van der Waals surface area (Å²) in [5.74, 6) is 2.38. The van der Waals surface area contributed by atoms with Crippen LogP contribution in [0.1, 0.15) is 71.6 Å². The van der Waals surface area contributed by atoms with Gasteiger partial charge in [0.15, 0.2) is 5.58 Å². The number of nitrogens with zero attached hydrogens (tertiary/aromatic N) is 5. The Balaban J connectivity index is 0.00000372. The maximum Gasteiger partial charge on any atom is 0.227 e. The molecule has 0 N–H and O–H groups in total.